The molecule has 0 saturated heterocycles. The van der Waals surface area contributed by atoms with Gasteiger partial charge >= 0.3 is 0 Å². The standard InChI is InChI=1S/C23H19N5O4/c1-27-20(29)13-12-18(25-27)16-10-6-7-11-17(16)24-23(31)22-19(32-2)14-21(30)28(26-22)15-8-4-3-5-9-15/h3-14H,1-2H3,(H,24,31). The number of ether oxygens (including phenoxy) is 1. The van der Waals surface area contributed by atoms with Crippen molar-refractivity contribution < 1.29 is 9.53 Å². The van der Waals surface area contributed by atoms with Gasteiger partial charge in [-0.25, -0.2) is 4.68 Å². The molecule has 1 N–H and O–H groups in total. The van der Waals surface area contributed by atoms with Gasteiger partial charge in [-0.15, -0.1) is 0 Å². The highest BCUT2D eigenvalue weighted by Gasteiger charge is 2.20. The summed E-state index contributed by atoms with van der Waals surface area (Å²) >= 11 is 0. The number of hydrogen-bond acceptors (Lipinski definition) is 6. The second kappa shape index (κ2) is 8.68. The van der Waals surface area contributed by atoms with Crippen molar-refractivity contribution in [3.8, 4) is 22.7 Å². The maximum Gasteiger partial charge on any atom is 0.280 e. The SMILES string of the molecule is COc1cc(=O)n(-c2ccccc2)nc1C(=O)Nc1ccccc1-c1ccc(=O)n(C)n1. The minimum Gasteiger partial charge on any atom is -0.494 e. The van der Waals surface area contributed by atoms with Crippen LogP contribution in [0.5, 0.6) is 5.75 Å². The second-order valence-electron chi connectivity index (χ2n) is 6.83. The minimum atomic E-state index is -0.566. The van der Waals surface area contributed by atoms with Crippen LogP contribution in [0.2, 0.25) is 0 Å². The molecule has 0 aliphatic heterocycles. The molecule has 0 spiro atoms. The van der Waals surface area contributed by atoms with Crippen LogP contribution in [0.4, 0.5) is 5.69 Å². The number of para-hydroxylation sites is 2. The molecule has 2 aromatic heterocycles. The van der Waals surface area contributed by atoms with E-state index in [0.29, 0.717) is 22.6 Å². The van der Waals surface area contributed by atoms with Gasteiger partial charge in [-0.3, -0.25) is 14.4 Å². The van der Waals surface area contributed by atoms with Gasteiger partial charge in [0.1, 0.15) is 0 Å². The molecule has 4 rings (SSSR count). The van der Waals surface area contributed by atoms with E-state index in [0.717, 1.165) is 4.68 Å². The lowest BCUT2D eigenvalue weighted by Gasteiger charge is -2.13. The summed E-state index contributed by atoms with van der Waals surface area (Å²) in [5, 5.41) is 11.3. The number of carbonyl (C=O) groups is 1. The predicted octanol–water partition coefficient (Wildman–Crippen LogP) is 2.25. The third-order valence-corrected chi connectivity index (χ3v) is 4.74. The van der Waals surface area contributed by atoms with E-state index in [2.05, 4.69) is 15.5 Å². The molecule has 2 aromatic carbocycles. The molecular formula is C23H19N5O4. The lowest BCUT2D eigenvalue weighted by molar-refractivity contribution is 0.101. The largest absolute Gasteiger partial charge is 0.494 e. The third kappa shape index (κ3) is 4.04. The molecule has 0 aliphatic carbocycles. The molecule has 0 fully saturated rings. The molecular weight excluding hydrogens is 410 g/mol. The molecule has 4 aromatic rings. The Hall–Kier alpha value is -4.53. The Morgan fingerprint density at radius 1 is 0.906 bits per heavy atom. The van der Waals surface area contributed by atoms with Crippen molar-refractivity contribution in [2.75, 3.05) is 12.4 Å². The Morgan fingerprint density at radius 3 is 2.34 bits per heavy atom. The van der Waals surface area contributed by atoms with E-state index in [1.165, 1.54) is 23.9 Å². The second-order valence-corrected chi connectivity index (χ2v) is 6.83. The maximum absolute atomic E-state index is 13.1. The number of aromatic nitrogens is 4. The zero-order chi connectivity index (χ0) is 22.7. The van der Waals surface area contributed by atoms with E-state index in [9.17, 15) is 14.4 Å². The van der Waals surface area contributed by atoms with Gasteiger partial charge in [0.05, 0.1) is 30.2 Å². The molecule has 0 saturated carbocycles. The van der Waals surface area contributed by atoms with Crippen molar-refractivity contribution in [3.63, 3.8) is 0 Å². The number of amides is 1. The quantitative estimate of drug-likeness (QED) is 0.521. The molecule has 2 heterocycles. The molecule has 0 atom stereocenters. The van der Waals surface area contributed by atoms with Crippen LogP contribution in [-0.2, 0) is 7.05 Å². The van der Waals surface area contributed by atoms with Crippen molar-refractivity contribution in [2.24, 2.45) is 7.05 Å². The van der Waals surface area contributed by atoms with Crippen LogP contribution in [0.3, 0.4) is 0 Å². The van der Waals surface area contributed by atoms with Crippen LogP contribution < -0.4 is 21.2 Å². The van der Waals surface area contributed by atoms with Crippen molar-refractivity contribution in [3.05, 3.63) is 99.2 Å². The highest BCUT2D eigenvalue weighted by molar-refractivity contribution is 6.06. The highest BCUT2D eigenvalue weighted by atomic mass is 16.5. The van der Waals surface area contributed by atoms with E-state index in [1.54, 1.807) is 61.6 Å². The number of nitrogens with zero attached hydrogens (tertiary/aromatic N) is 4. The number of rotatable bonds is 5. The predicted molar refractivity (Wildman–Crippen MR) is 119 cm³/mol. The molecule has 0 aliphatic rings. The van der Waals surface area contributed by atoms with Gasteiger partial charge in [0.15, 0.2) is 11.4 Å². The van der Waals surface area contributed by atoms with E-state index >= 15 is 0 Å². The van der Waals surface area contributed by atoms with E-state index < -0.39 is 11.5 Å². The fourth-order valence-corrected chi connectivity index (χ4v) is 3.15. The van der Waals surface area contributed by atoms with Crippen LogP contribution in [0.15, 0.2) is 82.4 Å². The number of methoxy groups -OCH3 is 1. The van der Waals surface area contributed by atoms with Crippen LogP contribution in [0.1, 0.15) is 10.5 Å². The van der Waals surface area contributed by atoms with Gasteiger partial charge in [-0.1, -0.05) is 36.4 Å². The van der Waals surface area contributed by atoms with Crippen LogP contribution in [0, 0.1) is 0 Å². The molecule has 0 radical (unpaired) electrons. The Bertz CT molecular complexity index is 1410. The maximum atomic E-state index is 13.1. The van der Waals surface area contributed by atoms with Crippen molar-refractivity contribution in [1.29, 1.82) is 0 Å². The minimum absolute atomic E-state index is 0.0531. The molecule has 9 nitrogen and oxygen atoms in total. The van der Waals surface area contributed by atoms with Crippen molar-refractivity contribution in [1.82, 2.24) is 19.6 Å². The van der Waals surface area contributed by atoms with Crippen LogP contribution in [0.25, 0.3) is 16.9 Å². The fourth-order valence-electron chi connectivity index (χ4n) is 3.15. The first-order valence-electron chi connectivity index (χ1n) is 9.67. The van der Waals surface area contributed by atoms with Gasteiger partial charge in [-0.05, 0) is 24.3 Å². The van der Waals surface area contributed by atoms with Crippen molar-refractivity contribution in [2.45, 2.75) is 0 Å². The monoisotopic (exact) mass is 429 g/mol. The Labute approximate surface area is 182 Å². The lowest BCUT2D eigenvalue weighted by atomic mass is 10.1. The number of nitrogens with one attached hydrogen (secondary N) is 1. The summed E-state index contributed by atoms with van der Waals surface area (Å²) in [6, 6.07) is 20.0. The zero-order valence-corrected chi connectivity index (χ0v) is 17.4. The molecule has 32 heavy (non-hydrogen) atoms. The summed E-state index contributed by atoms with van der Waals surface area (Å²) in [6.07, 6.45) is 0. The molecule has 0 bridgehead atoms. The Balaban J connectivity index is 1.75. The summed E-state index contributed by atoms with van der Waals surface area (Å²) in [5.74, 6) is -0.513. The third-order valence-electron chi connectivity index (χ3n) is 4.74. The van der Waals surface area contributed by atoms with Gasteiger partial charge in [-0.2, -0.15) is 14.9 Å². The summed E-state index contributed by atoms with van der Waals surface area (Å²) < 4.78 is 7.59. The molecule has 0 unspecified atom stereocenters. The molecule has 9 heteroatoms. The lowest BCUT2D eigenvalue weighted by Crippen LogP contribution is -2.26. The van der Waals surface area contributed by atoms with Gasteiger partial charge < -0.3 is 10.1 Å². The van der Waals surface area contributed by atoms with E-state index in [-0.39, 0.29) is 17.0 Å². The molecule has 160 valence electrons. The van der Waals surface area contributed by atoms with Crippen molar-refractivity contribution >= 4 is 11.6 Å². The van der Waals surface area contributed by atoms with Gasteiger partial charge in [0.2, 0.25) is 0 Å². The fraction of sp³-hybridized carbons (Fsp3) is 0.0870. The smallest absolute Gasteiger partial charge is 0.280 e. The van der Waals surface area contributed by atoms with E-state index in [1.807, 2.05) is 6.07 Å². The average molecular weight is 429 g/mol. The highest BCUT2D eigenvalue weighted by Crippen LogP contribution is 2.26. The van der Waals surface area contributed by atoms with Gasteiger partial charge in [0.25, 0.3) is 17.0 Å². The average Bonchev–Trinajstić information content (AvgIpc) is 2.81. The Morgan fingerprint density at radius 2 is 1.62 bits per heavy atom. The first-order valence-corrected chi connectivity index (χ1v) is 9.67. The topological polar surface area (TPSA) is 108 Å². The van der Waals surface area contributed by atoms with Crippen LogP contribution in [-0.4, -0.2) is 32.6 Å². The number of aryl methyl sites for hydroxylation is 1. The number of benzene rings is 2. The normalized spacial score (nSPS) is 10.6. The summed E-state index contributed by atoms with van der Waals surface area (Å²) in [6.45, 7) is 0. The number of carbonyl (C=O) groups excluding carboxylic acids is 1. The molecule has 1 amide bonds. The van der Waals surface area contributed by atoms with Crippen LogP contribution >= 0.6 is 0 Å². The Kier molecular flexibility index (Phi) is 5.63. The summed E-state index contributed by atoms with van der Waals surface area (Å²) in [5.41, 5.74) is 1.38. The summed E-state index contributed by atoms with van der Waals surface area (Å²) in [7, 11) is 2.91. The zero-order valence-electron chi connectivity index (χ0n) is 17.4. The number of anilines is 1. The number of hydrogen-bond donors (Lipinski definition) is 1. The van der Waals surface area contributed by atoms with Gasteiger partial charge in [0, 0.05) is 18.7 Å². The van der Waals surface area contributed by atoms with E-state index in [4.69, 9.17) is 4.74 Å². The first kappa shape index (κ1) is 20.7. The summed E-state index contributed by atoms with van der Waals surface area (Å²) in [4.78, 5) is 37.3. The first-order chi connectivity index (χ1) is 15.5.